The fourth-order valence-electron chi connectivity index (χ4n) is 2.24. The van der Waals surface area contributed by atoms with E-state index in [0.717, 1.165) is 18.5 Å². The molecule has 1 heterocycles. The molecule has 2 aromatic rings. The van der Waals surface area contributed by atoms with Gasteiger partial charge in [-0.15, -0.1) is 0 Å². The first kappa shape index (κ1) is 14.5. The van der Waals surface area contributed by atoms with Crippen molar-refractivity contribution < 1.29 is 9.13 Å². The van der Waals surface area contributed by atoms with Crippen LogP contribution in [0.3, 0.4) is 0 Å². The smallest absolute Gasteiger partial charge is 0.132 e. The van der Waals surface area contributed by atoms with Gasteiger partial charge >= 0.3 is 0 Å². The Kier molecular flexibility index (Phi) is 4.74. The van der Waals surface area contributed by atoms with Gasteiger partial charge < -0.3 is 10.1 Å². The van der Waals surface area contributed by atoms with Crippen molar-refractivity contribution >= 4 is 0 Å². The number of halogens is 1. The third-order valence-corrected chi connectivity index (χ3v) is 3.18. The number of benzene rings is 1. The zero-order valence-corrected chi connectivity index (χ0v) is 12.1. The van der Waals surface area contributed by atoms with Crippen molar-refractivity contribution in [3.8, 4) is 5.75 Å². The molecule has 4 nitrogen and oxygen atoms in total. The number of hydrogen-bond acceptors (Lipinski definition) is 3. The molecule has 1 unspecified atom stereocenters. The fourth-order valence-corrected chi connectivity index (χ4v) is 2.24. The molecule has 0 amide bonds. The summed E-state index contributed by atoms with van der Waals surface area (Å²) in [6.07, 6.45) is 4.60. The van der Waals surface area contributed by atoms with E-state index in [2.05, 4.69) is 17.3 Å². The van der Waals surface area contributed by atoms with Gasteiger partial charge in [-0.2, -0.15) is 5.10 Å². The highest BCUT2D eigenvalue weighted by atomic mass is 19.1. The second-order valence-electron chi connectivity index (χ2n) is 4.69. The Hall–Kier alpha value is -1.88. The molecule has 0 aliphatic heterocycles. The normalized spacial score (nSPS) is 12.4. The van der Waals surface area contributed by atoms with E-state index in [9.17, 15) is 4.39 Å². The Bertz CT molecular complexity index is 568. The number of ether oxygens (including phenoxy) is 1. The highest BCUT2D eigenvalue weighted by Gasteiger charge is 2.22. The molecule has 1 atom stereocenters. The summed E-state index contributed by atoms with van der Waals surface area (Å²) in [5.74, 6) is 0.268. The highest BCUT2D eigenvalue weighted by molar-refractivity contribution is 5.41. The highest BCUT2D eigenvalue weighted by Crippen LogP contribution is 2.32. The number of hydrogen-bond donors (Lipinski definition) is 1. The van der Waals surface area contributed by atoms with Crippen LogP contribution in [0.25, 0.3) is 0 Å². The third kappa shape index (κ3) is 2.99. The number of aromatic nitrogens is 2. The molecule has 2 rings (SSSR count). The van der Waals surface area contributed by atoms with Gasteiger partial charge in [-0.1, -0.05) is 13.0 Å². The van der Waals surface area contributed by atoms with Crippen LogP contribution in [-0.2, 0) is 7.05 Å². The molecule has 0 fully saturated rings. The average molecular weight is 277 g/mol. The molecule has 0 saturated carbocycles. The Balaban J connectivity index is 2.46. The molecule has 0 spiro atoms. The SMILES string of the molecule is CCCNC(c1cnn(C)c1)c1c(F)cccc1OC. The van der Waals surface area contributed by atoms with Crippen molar-refractivity contribution in [2.24, 2.45) is 7.05 Å². The Morgan fingerprint density at radius 2 is 2.25 bits per heavy atom. The maximum atomic E-state index is 14.3. The molecule has 0 aliphatic carbocycles. The molecule has 108 valence electrons. The fraction of sp³-hybridized carbons (Fsp3) is 0.400. The van der Waals surface area contributed by atoms with Crippen LogP contribution in [0.15, 0.2) is 30.6 Å². The number of aryl methyl sites for hydroxylation is 1. The summed E-state index contributed by atoms with van der Waals surface area (Å²) in [6.45, 7) is 2.86. The van der Waals surface area contributed by atoms with Crippen LogP contribution < -0.4 is 10.1 Å². The van der Waals surface area contributed by atoms with Crippen LogP contribution >= 0.6 is 0 Å². The van der Waals surface area contributed by atoms with Gasteiger partial charge in [0.05, 0.1) is 24.9 Å². The molecule has 0 bridgehead atoms. The summed E-state index contributed by atoms with van der Waals surface area (Å²) < 4.78 is 21.3. The van der Waals surface area contributed by atoms with Gasteiger partial charge in [-0.25, -0.2) is 4.39 Å². The summed E-state index contributed by atoms with van der Waals surface area (Å²) in [7, 11) is 3.40. The second kappa shape index (κ2) is 6.52. The minimum Gasteiger partial charge on any atom is -0.496 e. The van der Waals surface area contributed by atoms with Crippen LogP contribution in [0.1, 0.15) is 30.5 Å². The topological polar surface area (TPSA) is 39.1 Å². The number of methoxy groups -OCH3 is 1. The van der Waals surface area contributed by atoms with Crippen molar-refractivity contribution in [1.82, 2.24) is 15.1 Å². The zero-order valence-electron chi connectivity index (χ0n) is 12.1. The summed E-state index contributed by atoms with van der Waals surface area (Å²) in [4.78, 5) is 0. The van der Waals surface area contributed by atoms with E-state index in [-0.39, 0.29) is 11.9 Å². The maximum absolute atomic E-state index is 14.3. The van der Waals surface area contributed by atoms with Crippen LogP contribution in [-0.4, -0.2) is 23.4 Å². The van der Waals surface area contributed by atoms with Crippen LogP contribution in [0.2, 0.25) is 0 Å². The van der Waals surface area contributed by atoms with Crippen LogP contribution in [0.4, 0.5) is 4.39 Å². The molecule has 5 heteroatoms. The summed E-state index contributed by atoms with van der Waals surface area (Å²) in [5.41, 5.74) is 1.45. The molecule has 0 saturated heterocycles. The van der Waals surface area contributed by atoms with E-state index in [1.54, 1.807) is 30.1 Å². The van der Waals surface area contributed by atoms with Crippen molar-refractivity contribution in [2.75, 3.05) is 13.7 Å². The molecule has 1 aromatic carbocycles. The standard InChI is InChI=1S/C15H20FN3O/c1-4-8-17-15(11-9-18-19(2)10-11)14-12(16)6-5-7-13(14)20-3/h5-7,9-10,15,17H,4,8H2,1-3H3. The van der Waals surface area contributed by atoms with Crippen molar-refractivity contribution in [3.63, 3.8) is 0 Å². The first-order valence-electron chi connectivity index (χ1n) is 6.71. The summed E-state index contributed by atoms with van der Waals surface area (Å²) in [6, 6.07) is 4.61. The lowest BCUT2D eigenvalue weighted by Crippen LogP contribution is -2.24. The Morgan fingerprint density at radius 3 is 2.85 bits per heavy atom. The van der Waals surface area contributed by atoms with Gasteiger partial charge in [0.15, 0.2) is 0 Å². The van der Waals surface area contributed by atoms with Crippen LogP contribution in [0.5, 0.6) is 5.75 Å². The van der Waals surface area contributed by atoms with Gasteiger partial charge in [0.2, 0.25) is 0 Å². The predicted molar refractivity (Wildman–Crippen MR) is 76.3 cm³/mol. The molecule has 0 radical (unpaired) electrons. The minimum atomic E-state index is -0.276. The van der Waals surface area contributed by atoms with E-state index < -0.39 is 0 Å². The maximum Gasteiger partial charge on any atom is 0.132 e. The van der Waals surface area contributed by atoms with Gasteiger partial charge in [0, 0.05) is 18.8 Å². The third-order valence-electron chi connectivity index (χ3n) is 3.18. The molecule has 1 aromatic heterocycles. The van der Waals surface area contributed by atoms with Gasteiger partial charge in [0.1, 0.15) is 11.6 Å². The minimum absolute atomic E-state index is 0.264. The van der Waals surface area contributed by atoms with E-state index in [0.29, 0.717) is 11.3 Å². The predicted octanol–water partition coefficient (Wildman–Crippen LogP) is 2.66. The van der Waals surface area contributed by atoms with Crippen molar-refractivity contribution in [1.29, 1.82) is 0 Å². The quantitative estimate of drug-likeness (QED) is 0.882. The lowest BCUT2D eigenvalue weighted by atomic mass is 9.99. The molecule has 0 aliphatic rings. The molecule has 20 heavy (non-hydrogen) atoms. The zero-order chi connectivity index (χ0) is 14.5. The van der Waals surface area contributed by atoms with E-state index in [1.165, 1.54) is 6.07 Å². The largest absolute Gasteiger partial charge is 0.496 e. The summed E-state index contributed by atoms with van der Waals surface area (Å²) >= 11 is 0. The van der Waals surface area contributed by atoms with E-state index in [1.807, 2.05) is 13.2 Å². The average Bonchev–Trinajstić information content (AvgIpc) is 2.87. The molecule has 1 N–H and O–H groups in total. The van der Waals surface area contributed by atoms with Gasteiger partial charge in [-0.05, 0) is 25.1 Å². The number of nitrogens with one attached hydrogen (secondary N) is 1. The Labute approximate surface area is 118 Å². The first-order valence-corrected chi connectivity index (χ1v) is 6.71. The van der Waals surface area contributed by atoms with Crippen molar-refractivity contribution in [3.05, 3.63) is 47.5 Å². The monoisotopic (exact) mass is 277 g/mol. The Morgan fingerprint density at radius 1 is 1.45 bits per heavy atom. The second-order valence-corrected chi connectivity index (χ2v) is 4.69. The molecular formula is C15H20FN3O. The first-order chi connectivity index (χ1) is 9.67. The lowest BCUT2D eigenvalue weighted by Gasteiger charge is -2.20. The molecular weight excluding hydrogens is 257 g/mol. The van der Waals surface area contributed by atoms with Crippen LogP contribution in [0, 0.1) is 5.82 Å². The number of nitrogens with zero attached hydrogens (tertiary/aromatic N) is 2. The summed E-state index contributed by atoms with van der Waals surface area (Å²) in [5, 5.41) is 7.53. The number of rotatable bonds is 6. The van der Waals surface area contributed by atoms with E-state index in [4.69, 9.17) is 4.74 Å². The van der Waals surface area contributed by atoms with Gasteiger partial charge in [-0.3, -0.25) is 4.68 Å². The van der Waals surface area contributed by atoms with E-state index >= 15 is 0 Å². The van der Waals surface area contributed by atoms with Crippen molar-refractivity contribution in [2.45, 2.75) is 19.4 Å². The van der Waals surface area contributed by atoms with Gasteiger partial charge in [0.25, 0.3) is 0 Å². The lowest BCUT2D eigenvalue weighted by molar-refractivity contribution is 0.396.